The lowest BCUT2D eigenvalue weighted by molar-refractivity contribution is 0.352. The van der Waals surface area contributed by atoms with Crippen molar-refractivity contribution in [2.45, 2.75) is 24.9 Å². The topological polar surface area (TPSA) is 68.7 Å². The Morgan fingerprint density at radius 2 is 1.45 bits per heavy atom. The van der Waals surface area contributed by atoms with E-state index in [4.69, 9.17) is 9.47 Å². The molecule has 0 N–H and O–H groups in total. The van der Waals surface area contributed by atoms with Crippen LogP contribution in [0.25, 0.3) is 0 Å². The molecule has 0 spiro atoms. The van der Waals surface area contributed by atoms with Crippen LogP contribution in [0.15, 0.2) is 71.9 Å². The number of rotatable bonds is 8. The van der Waals surface area contributed by atoms with Crippen LogP contribution in [0.3, 0.4) is 0 Å². The van der Waals surface area contributed by atoms with Crippen molar-refractivity contribution in [1.29, 1.82) is 0 Å². The first-order valence-electron chi connectivity index (χ1n) is 9.10. The molecular weight excluding hydrogens is 388 g/mol. The molecule has 152 valence electrons. The highest BCUT2D eigenvalue weighted by atomic mass is 32.2. The van der Waals surface area contributed by atoms with Crippen molar-refractivity contribution in [3.05, 3.63) is 83.7 Å². The third-order valence-corrected chi connectivity index (χ3v) is 6.38. The molecule has 0 radical (unpaired) electrons. The fourth-order valence-corrected chi connectivity index (χ4v) is 4.38. The summed E-state index contributed by atoms with van der Waals surface area (Å²) in [4.78, 5) is 4.27. The third-order valence-electron chi connectivity index (χ3n) is 4.57. The predicted molar refractivity (Wildman–Crippen MR) is 111 cm³/mol. The number of benzene rings is 2. The molecule has 0 fully saturated rings. The van der Waals surface area contributed by atoms with Gasteiger partial charge in [-0.1, -0.05) is 23.8 Å². The molecule has 0 aliphatic carbocycles. The van der Waals surface area contributed by atoms with Gasteiger partial charge in [0, 0.05) is 25.5 Å². The maximum atomic E-state index is 13.4. The minimum absolute atomic E-state index is 0.193. The molecule has 0 saturated carbocycles. The summed E-state index contributed by atoms with van der Waals surface area (Å²) < 4.78 is 38.9. The molecule has 0 bridgehead atoms. The second-order valence-corrected chi connectivity index (χ2v) is 8.57. The van der Waals surface area contributed by atoms with E-state index in [0.29, 0.717) is 11.5 Å². The average molecular weight is 413 g/mol. The Kier molecular flexibility index (Phi) is 6.51. The van der Waals surface area contributed by atoms with Gasteiger partial charge in [0.15, 0.2) is 11.5 Å². The normalized spacial score (nSPS) is 11.4. The Bertz CT molecular complexity index is 1050. The molecule has 0 atom stereocenters. The number of ether oxygens (including phenoxy) is 2. The van der Waals surface area contributed by atoms with Crippen molar-refractivity contribution in [2.24, 2.45) is 0 Å². The van der Waals surface area contributed by atoms with E-state index in [2.05, 4.69) is 4.98 Å². The van der Waals surface area contributed by atoms with Gasteiger partial charge >= 0.3 is 0 Å². The van der Waals surface area contributed by atoms with Gasteiger partial charge in [-0.3, -0.25) is 4.98 Å². The van der Waals surface area contributed by atoms with Gasteiger partial charge in [-0.25, -0.2) is 8.42 Å². The number of nitrogens with zero attached hydrogens (tertiary/aromatic N) is 2. The predicted octanol–water partition coefficient (Wildman–Crippen LogP) is 3.80. The summed E-state index contributed by atoms with van der Waals surface area (Å²) >= 11 is 0. The average Bonchev–Trinajstić information content (AvgIpc) is 2.74. The van der Waals surface area contributed by atoms with Crippen molar-refractivity contribution >= 4 is 10.0 Å². The lowest BCUT2D eigenvalue weighted by atomic mass is 10.2. The van der Waals surface area contributed by atoms with Gasteiger partial charge < -0.3 is 9.47 Å². The summed E-state index contributed by atoms with van der Waals surface area (Å²) in [5.41, 5.74) is 2.66. The van der Waals surface area contributed by atoms with E-state index in [0.717, 1.165) is 16.7 Å². The van der Waals surface area contributed by atoms with Crippen molar-refractivity contribution in [2.75, 3.05) is 14.2 Å². The second-order valence-electron chi connectivity index (χ2n) is 6.63. The maximum Gasteiger partial charge on any atom is 0.243 e. The van der Waals surface area contributed by atoms with Gasteiger partial charge in [-0.05, 0) is 54.4 Å². The first kappa shape index (κ1) is 20.8. The molecule has 6 nitrogen and oxygen atoms in total. The number of hydrogen-bond donors (Lipinski definition) is 0. The van der Waals surface area contributed by atoms with E-state index >= 15 is 0 Å². The van der Waals surface area contributed by atoms with Crippen LogP contribution < -0.4 is 9.47 Å². The van der Waals surface area contributed by atoms with Gasteiger partial charge in [0.1, 0.15) is 0 Å². The van der Waals surface area contributed by atoms with Crippen LogP contribution in [-0.4, -0.2) is 31.9 Å². The van der Waals surface area contributed by atoms with Gasteiger partial charge in [-0.15, -0.1) is 0 Å². The van der Waals surface area contributed by atoms with Crippen LogP contribution in [-0.2, 0) is 23.1 Å². The monoisotopic (exact) mass is 412 g/mol. The molecule has 0 amide bonds. The van der Waals surface area contributed by atoms with E-state index < -0.39 is 10.0 Å². The van der Waals surface area contributed by atoms with Crippen molar-refractivity contribution in [3.63, 3.8) is 0 Å². The molecule has 1 aromatic heterocycles. The molecular formula is C22H24N2O4S. The Morgan fingerprint density at radius 3 is 2.07 bits per heavy atom. The van der Waals surface area contributed by atoms with E-state index in [1.165, 1.54) is 4.31 Å². The van der Waals surface area contributed by atoms with Crippen LogP contribution >= 0.6 is 0 Å². The number of aryl methyl sites for hydroxylation is 1. The van der Waals surface area contributed by atoms with Gasteiger partial charge in [0.05, 0.1) is 19.1 Å². The number of aromatic nitrogens is 1. The van der Waals surface area contributed by atoms with Crippen molar-refractivity contribution < 1.29 is 17.9 Å². The largest absolute Gasteiger partial charge is 0.493 e. The van der Waals surface area contributed by atoms with E-state index in [1.54, 1.807) is 63.0 Å². The van der Waals surface area contributed by atoms with Gasteiger partial charge in [0.25, 0.3) is 0 Å². The maximum absolute atomic E-state index is 13.4. The zero-order valence-electron chi connectivity index (χ0n) is 16.7. The summed E-state index contributed by atoms with van der Waals surface area (Å²) in [6, 6.07) is 15.9. The molecule has 7 heteroatoms. The fraction of sp³-hybridized carbons (Fsp3) is 0.227. The summed E-state index contributed by atoms with van der Waals surface area (Å²) in [6.45, 7) is 2.35. The van der Waals surface area contributed by atoms with Crippen LogP contribution in [0.4, 0.5) is 0 Å². The molecule has 0 aliphatic heterocycles. The molecule has 3 rings (SSSR count). The summed E-state index contributed by atoms with van der Waals surface area (Å²) in [5.74, 6) is 1.15. The molecule has 3 aromatic rings. The molecule has 29 heavy (non-hydrogen) atoms. The highest BCUT2D eigenvalue weighted by Crippen LogP contribution is 2.29. The van der Waals surface area contributed by atoms with E-state index in [-0.39, 0.29) is 18.0 Å². The lowest BCUT2D eigenvalue weighted by Gasteiger charge is -2.23. The first-order chi connectivity index (χ1) is 13.9. The second kappa shape index (κ2) is 9.07. The molecule has 0 aliphatic rings. The molecule has 1 heterocycles. The standard InChI is InChI=1S/C22H24N2O4S/c1-17-4-7-20(8-5-17)29(25,26)24(15-18-10-12-23-13-11-18)16-19-6-9-21(27-2)22(14-19)28-3/h4-14H,15-16H2,1-3H3. The Labute approximate surface area is 171 Å². The van der Waals surface area contributed by atoms with Crippen molar-refractivity contribution in [1.82, 2.24) is 9.29 Å². The van der Waals surface area contributed by atoms with Crippen LogP contribution in [0, 0.1) is 6.92 Å². The minimum atomic E-state index is -3.71. The van der Waals surface area contributed by atoms with Crippen LogP contribution in [0.2, 0.25) is 0 Å². The van der Waals surface area contributed by atoms with Gasteiger partial charge in [-0.2, -0.15) is 4.31 Å². The van der Waals surface area contributed by atoms with E-state index in [1.807, 2.05) is 25.1 Å². The Morgan fingerprint density at radius 1 is 0.828 bits per heavy atom. The van der Waals surface area contributed by atoms with Crippen LogP contribution in [0.5, 0.6) is 11.5 Å². The minimum Gasteiger partial charge on any atom is -0.493 e. The van der Waals surface area contributed by atoms with E-state index in [9.17, 15) is 8.42 Å². The number of pyridine rings is 1. The van der Waals surface area contributed by atoms with Crippen molar-refractivity contribution in [3.8, 4) is 11.5 Å². The highest BCUT2D eigenvalue weighted by Gasteiger charge is 2.25. The lowest BCUT2D eigenvalue weighted by Crippen LogP contribution is -2.30. The fourth-order valence-electron chi connectivity index (χ4n) is 2.96. The summed E-state index contributed by atoms with van der Waals surface area (Å²) in [7, 11) is -0.589. The smallest absolute Gasteiger partial charge is 0.243 e. The molecule has 0 unspecified atom stereocenters. The SMILES string of the molecule is COc1ccc(CN(Cc2ccncc2)S(=O)(=O)c2ccc(C)cc2)cc1OC. The Hall–Kier alpha value is -2.90. The molecule has 2 aromatic carbocycles. The Balaban J connectivity index is 1.98. The number of sulfonamides is 1. The number of hydrogen-bond acceptors (Lipinski definition) is 5. The quantitative estimate of drug-likeness (QED) is 0.563. The summed E-state index contributed by atoms with van der Waals surface area (Å²) in [5, 5.41) is 0. The van der Waals surface area contributed by atoms with Crippen LogP contribution in [0.1, 0.15) is 16.7 Å². The van der Waals surface area contributed by atoms with Gasteiger partial charge in [0.2, 0.25) is 10.0 Å². The highest BCUT2D eigenvalue weighted by molar-refractivity contribution is 7.89. The zero-order valence-corrected chi connectivity index (χ0v) is 17.5. The summed E-state index contributed by atoms with van der Waals surface area (Å²) in [6.07, 6.45) is 3.31. The first-order valence-corrected chi connectivity index (χ1v) is 10.5. The molecule has 0 saturated heterocycles. The zero-order chi connectivity index (χ0) is 20.9. The third kappa shape index (κ3) is 4.93. The number of methoxy groups -OCH3 is 2.